The number of aryl methyl sites for hydroxylation is 1. The highest BCUT2D eigenvalue weighted by molar-refractivity contribution is 5.99. The molecule has 37 heavy (non-hydrogen) atoms. The van der Waals surface area contributed by atoms with E-state index in [1.54, 1.807) is 24.3 Å². The molecule has 0 atom stereocenters. The van der Waals surface area contributed by atoms with E-state index in [4.69, 9.17) is 5.73 Å². The van der Waals surface area contributed by atoms with Crippen LogP contribution in [-0.4, -0.2) is 21.4 Å². The molecule has 1 aromatic heterocycles. The third-order valence-electron chi connectivity index (χ3n) is 7.94. The first-order chi connectivity index (χ1) is 17.8. The zero-order valence-electron chi connectivity index (χ0n) is 20.9. The Bertz CT molecular complexity index is 1270. The quantitative estimate of drug-likeness (QED) is 0.260. The van der Waals surface area contributed by atoms with E-state index in [0.29, 0.717) is 16.8 Å². The molecule has 6 rings (SSSR count). The summed E-state index contributed by atoms with van der Waals surface area (Å²) >= 11 is 0. The molecule has 3 aromatic rings. The normalized spacial score (nSPS) is 22.3. The van der Waals surface area contributed by atoms with Gasteiger partial charge in [0, 0.05) is 22.6 Å². The highest BCUT2D eigenvalue weighted by Crippen LogP contribution is 2.53. The van der Waals surface area contributed by atoms with E-state index in [0.717, 1.165) is 18.3 Å². The topological polar surface area (TPSA) is 105 Å². The lowest BCUT2D eigenvalue weighted by molar-refractivity contribution is -0.111. The van der Waals surface area contributed by atoms with Crippen LogP contribution >= 0.6 is 0 Å². The second-order valence-electron chi connectivity index (χ2n) is 10.5. The van der Waals surface area contributed by atoms with Gasteiger partial charge in [-0.1, -0.05) is 24.8 Å². The maximum absolute atomic E-state index is 14.4. The zero-order valence-corrected chi connectivity index (χ0v) is 20.9. The maximum atomic E-state index is 14.4. The maximum Gasteiger partial charge on any atom is 0.247 e. The fraction of sp³-hybridized carbons (Fsp3) is 0.345. The molecule has 1 amide bonds. The number of nitrogens with one attached hydrogen (secondary N) is 3. The molecule has 5 N–H and O–H groups in total. The van der Waals surface area contributed by atoms with Crippen LogP contribution in [0.4, 0.5) is 33.2 Å². The van der Waals surface area contributed by atoms with Crippen molar-refractivity contribution in [2.24, 2.45) is 11.1 Å². The van der Waals surface area contributed by atoms with Gasteiger partial charge >= 0.3 is 0 Å². The number of nitrogens with zero attached hydrogens (tertiary/aromatic N) is 2. The number of anilines is 5. The summed E-state index contributed by atoms with van der Waals surface area (Å²) < 4.78 is 14.4. The number of halogens is 1. The number of carbonyl (C=O) groups is 1. The van der Waals surface area contributed by atoms with E-state index in [1.165, 1.54) is 56.6 Å². The summed E-state index contributed by atoms with van der Waals surface area (Å²) in [6.45, 7) is 3.44. The summed E-state index contributed by atoms with van der Waals surface area (Å²) in [5.41, 5.74) is 10.3. The van der Waals surface area contributed by atoms with Gasteiger partial charge in [0.15, 0.2) is 11.6 Å². The van der Waals surface area contributed by atoms with Crippen molar-refractivity contribution in [1.82, 2.24) is 9.97 Å². The first kappa shape index (κ1) is 24.9. The van der Waals surface area contributed by atoms with Gasteiger partial charge in [0.25, 0.3) is 0 Å². The largest absolute Gasteiger partial charge is 0.338 e. The van der Waals surface area contributed by atoms with Gasteiger partial charge in [-0.05, 0) is 98.8 Å². The van der Waals surface area contributed by atoms with Crippen molar-refractivity contribution in [3.8, 4) is 0 Å². The molecule has 0 unspecified atom stereocenters. The molecule has 0 saturated heterocycles. The lowest BCUT2D eigenvalue weighted by Crippen LogP contribution is -2.51. The number of nitrogens with two attached hydrogens (primary N) is 1. The van der Waals surface area contributed by atoms with Gasteiger partial charge < -0.3 is 21.7 Å². The van der Waals surface area contributed by atoms with Gasteiger partial charge in [-0.15, -0.1) is 0 Å². The van der Waals surface area contributed by atoms with Crippen molar-refractivity contribution >= 4 is 34.7 Å². The monoisotopic (exact) mass is 500 g/mol. The van der Waals surface area contributed by atoms with Gasteiger partial charge in [0.1, 0.15) is 0 Å². The fourth-order valence-corrected chi connectivity index (χ4v) is 5.48. The van der Waals surface area contributed by atoms with Crippen LogP contribution in [0.3, 0.4) is 0 Å². The highest BCUT2D eigenvalue weighted by Gasteiger charge is 2.45. The van der Waals surface area contributed by atoms with Crippen LogP contribution in [0, 0.1) is 11.2 Å². The number of aromatic nitrogens is 2. The van der Waals surface area contributed by atoms with E-state index in [9.17, 15) is 9.18 Å². The Morgan fingerprint density at radius 1 is 1.00 bits per heavy atom. The van der Waals surface area contributed by atoms with Crippen molar-refractivity contribution in [2.45, 2.75) is 56.9 Å². The predicted octanol–water partition coefficient (Wildman–Crippen LogP) is 6.21. The molecule has 3 aliphatic rings. The smallest absolute Gasteiger partial charge is 0.247 e. The van der Waals surface area contributed by atoms with Crippen LogP contribution in [0.1, 0.15) is 50.5 Å². The summed E-state index contributed by atoms with van der Waals surface area (Å²) in [4.78, 5) is 19.9. The third kappa shape index (κ3) is 5.97. The molecule has 7 nitrogen and oxygen atoms in total. The summed E-state index contributed by atoms with van der Waals surface area (Å²) in [7, 11) is 0. The first-order valence-electron chi connectivity index (χ1n) is 12.8. The number of amides is 1. The third-order valence-corrected chi connectivity index (χ3v) is 7.94. The first-order valence-corrected chi connectivity index (χ1v) is 12.8. The minimum Gasteiger partial charge on any atom is -0.338 e. The minimum atomic E-state index is -0.585. The van der Waals surface area contributed by atoms with E-state index < -0.39 is 5.82 Å². The van der Waals surface area contributed by atoms with Crippen LogP contribution in [0.25, 0.3) is 0 Å². The molecule has 0 spiro atoms. The van der Waals surface area contributed by atoms with Gasteiger partial charge in [-0.2, -0.15) is 4.98 Å². The molecule has 0 aliphatic heterocycles. The van der Waals surface area contributed by atoms with Crippen LogP contribution in [0.2, 0.25) is 0 Å². The van der Waals surface area contributed by atoms with Crippen LogP contribution in [0.5, 0.6) is 0 Å². The number of rotatable bonds is 9. The SMILES string of the molecule is C=CC(=O)Nc1cccc(Nc2nc(Nc3ccc(CCC45CCC(N)(CC4)CC5)cc3)ncc2F)c1. The molecule has 2 aromatic carbocycles. The molecule has 8 heteroatoms. The summed E-state index contributed by atoms with van der Waals surface area (Å²) in [6.07, 6.45) is 11.9. The molecule has 2 bridgehead atoms. The number of carbonyl (C=O) groups excluding carboxylic acids is 1. The average molecular weight is 501 g/mol. The van der Waals surface area contributed by atoms with Crippen molar-refractivity contribution in [2.75, 3.05) is 16.0 Å². The number of benzene rings is 2. The van der Waals surface area contributed by atoms with E-state index in [1.807, 2.05) is 12.1 Å². The van der Waals surface area contributed by atoms with Crippen molar-refractivity contribution in [1.29, 1.82) is 0 Å². The Labute approximate surface area is 216 Å². The second kappa shape index (κ2) is 10.3. The molecule has 3 saturated carbocycles. The predicted molar refractivity (Wildman–Crippen MR) is 146 cm³/mol. The summed E-state index contributed by atoms with van der Waals surface area (Å²) in [5, 5.41) is 8.78. The molecule has 3 fully saturated rings. The molecule has 3 aliphatic carbocycles. The molecular formula is C29H33FN6O. The van der Waals surface area contributed by atoms with Crippen LogP contribution < -0.4 is 21.7 Å². The Balaban J connectivity index is 1.20. The van der Waals surface area contributed by atoms with Crippen molar-refractivity contribution in [3.05, 3.63) is 78.8 Å². The number of hydrogen-bond donors (Lipinski definition) is 4. The van der Waals surface area contributed by atoms with Gasteiger partial charge in [-0.25, -0.2) is 9.37 Å². The van der Waals surface area contributed by atoms with Crippen LogP contribution in [0.15, 0.2) is 67.4 Å². The van der Waals surface area contributed by atoms with E-state index >= 15 is 0 Å². The minimum absolute atomic E-state index is 0.0297. The van der Waals surface area contributed by atoms with Crippen LogP contribution in [-0.2, 0) is 11.2 Å². The Hall–Kier alpha value is -3.78. The lowest BCUT2D eigenvalue weighted by atomic mass is 9.56. The van der Waals surface area contributed by atoms with Gasteiger partial charge in [0.2, 0.25) is 11.9 Å². The highest BCUT2D eigenvalue weighted by atomic mass is 19.1. The van der Waals surface area contributed by atoms with Crippen molar-refractivity contribution in [3.63, 3.8) is 0 Å². The summed E-state index contributed by atoms with van der Waals surface area (Å²) in [5.74, 6) is -0.602. The molecule has 1 heterocycles. The standard InChI is InChI=1S/C29H33FN6O/c1-2-25(37)33-22-4-3-5-23(18-22)34-26-24(30)19-32-27(36-26)35-21-8-6-20(7-9-21)10-11-28-12-15-29(31,16-13-28)17-14-28/h2-9,18-19H,1,10-17,31H2,(H,33,37)(H2,32,34,35,36). The second-order valence-corrected chi connectivity index (χ2v) is 10.5. The molecule has 192 valence electrons. The number of hydrogen-bond acceptors (Lipinski definition) is 6. The fourth-order valence-electron chi connectivity index (χ4n) is 5.48. The molecule has 0 radical (unpaired) electrons. The van der Waals surface area contributed by atoms with Gasteiger partial charge in [0.05, 0.1) is 6.20 Å². The van der Waals surface area contributed by atoms with E-state index in [2.05, 4.69) is 44.6 Å². The van der Waals surface area contributed by atoms with E-state index in [-0.39, 0.29) is 23.2 Å². The zero-order chi connectivity index (χ0) is 25.9. The lowest BCUT2D eigenvalue weighted by Gasteiger charge is -2.52. The molecular weight excluding hydrogens is 467 g/mol. The van der Waals surface area contributed by atoms with Crippen molar-refractivity contribution < 1.29 is 9.18 Å². The average Bonchev–Trinajstić information content (AvgIpc) is 2.91. The summed E-state index contributed by atoms with van der Waals surface area (Å²) in [6, 6.07) is 15.2. The number of fused-ring (bicyclic) bond motifs is 3. The Morgan fingerprint density at radius 2 is 1.70 bits per heavy atom. The Morgan fingerprint density at radius 3 is 2.41 bits per heavy atom. The Kier molecular flexibility index (Phi) is 6.93. The van der Waals surface area contributed by atoms with Gasteiger partial charge in [-0.3, -0.25) is 4.79 Å².